The van der Waals surface area contributed by atoms with E-state index in [1.807, 2.05) is 13.8 Å². The van der Waals surface area contributed by atoms with E-state index >= 15 is 0 Å². The fraction of sp³-hybridized carbons (Fsp3) is 0.250. The van der Waals surface area contributed by atoms with Crippen LogP contribution >= 0.6 is 0 Å². The molecule has 0 aliphatic carbocycles. The fourth-order valence-electron chi connectivity index (χ4n) is 2.04. The van der Waals surface area contributed by atoms with Crippen LogP contribution in [0.25, 0.3) is 0 Å². The average molecular weight is 294 g/mol. The lowest BCUT2D eigenvalue weighted by Crippen LogP contribution is -2.10. The number of hydrogen-bond donors (Lipinski definition) is 0. The standard InChI is InChI=1S/C16H16F2OS/c1-11(13-3-7-15(17)8-4-13)20(19)12(2)14-5-9-16(18)10-6-14/h3-12H,1-2H3. The lowest BCUT2D eigenvalue weighted by molar-refractivity contribution is 0.626. The number of halogens is 2. The van der Waals surface area contributed by atoms with E-state index in [4.69, 9.17) is 0 Å². The average Bonchev–Trinajstić information content (AvgIpc) is 2.46. The molecule has 0 aliphatic rings. The smallest absolute Gasteiger partial charge is 0.123 e. The molecule has 0 spiro atoms. The third kappa shape index (κ3) is 3.31. The maximum absolute atomic E-state index is 12.9. The van der Waals surface area contributed by atoms with Crippen molar-refractivity contribution in [1.82, 2.24) is 0 Å². The van der Waals surface area contributed by atoms with E-state index < -0.39 is 10.8 Å². The van der Waals surface area contributed by atoms with E-state index in [0.29, 0.717) is 0 Å². The summed E-state index contributed by atoms with van der Waals surface area (Å²) in [5, 5.41) is -0.425. The van der Waals surface area contributed by atoms with Crippen LogP contribution in [-0.4, -0.2) is 4.21 Å². The summed E-state index contributed by atoms with van der Waals surface area (Å²) in [7, 11) is -1.17. The maximum Gasteiger partial charge on any atom is 0.123 e. The van der Waals surface area contributed by atoms with Gasteiger partial charge in [0.25, 0.3) is 0 Å². The first kappa shape index (κ1) is 14.9. The van der Waals surface area contributed by atoms with E-state index in [1.165, 1.54) is 24.3 Å². The Morgan fingerprint density at radius 3 is 1.35 bits per heavy atom. The predicted octanol–water partition coefficient (Wildman–Crippen LogP) is 4.54. The van der Waals surface area contributed by atoms with Gasteiger partial charge < -0.3 is 0 Å². The minimum atomic E-state index is -1.17. The Kier molecular flexibility index (Phi) is 4.65. The monoisotopic (exact) mass is 294 g/mol. The largest absolute Gasteiger partial charge is 0.258 e. The summed E-state index contributed by atoms with van der Waals surface area (Å²) in [4.78, 5) is 0. The molecule has 2 unspecified atom stereocenters. The summed E-state index contributed by atoms with van der Waals surface area (Å²) >= 11 is 0. The van der Waals surface area contributed by atoms with Crippen LogP contribution < -0.4 is 0 Å². The fourth-order valence-corrected chi connectivity index (χ4v) is 3.51. The second-order valence-corrected chi connectivity index (χ2v) is 6.79. The van der Waals surface area contributed by atoms with Gasteiger partial charge in [0.05, 0.1) is 10.5 Å². The highest BCUT2D eigenvalue weighted by Crippen LogP contribution is 2.30. The van der Waals surface area contributed by atoms with Gasteiger partial charge in [-0.15, -0.1) is 0 Å². The predicted molar refractivity (Wildman–Crippen MR) is 77.8 cm³/mol. The van der Waals surface area contributed by atoms with E-state index in [2.05, 4.69) is 0 Å². The molecule has 0 fully saturated rings. The molecular formula is C16H16F2OS. The van der Waals surface area contributed by atoms with Gasteiger partial charge in [-0.25, -0.2) is 8.78 Å². The highest BCUT2D eigenvalue weighted by molar-refractivity contribution is 7.85. The van der Waals surface area contributed by atoms with Gasteiger partial charge >= 0.3 is 0 Å². The van der Waals surface area contributed by atoms with E-state index in [9.17, 15) is 13.0 Å². The van der Waals surface area contributed by atoms with Crippen molar-refractivity contribution in [3.05, 3.63) is 71.3 Å². The third-order valence-corrected chi connectivity index (χ3v) is 5.31. The van der Waals surface area contributed by atoms with Crippen molar-refractivity contribution in [2.75, 3.05) is 0 Å². The van der Waals surface area contributed by atoms with Crippen LogP contribution in [0.5, 0.6) is 0 Å². The zero-order valence-electron chi connectivity index (χ0n) is 11.3. The molecule has 0 aliphatic heterocycles. The normalized spacial score (nSPS) is 15.6. The van der Waals surface area contributed by atoms with Crippen molar-refractivity contribution in [3.8, 4) is 0 Å². The minimum absolute atomic E-state index is 0.212. The van der Waals surface area contributed by atoms with Crippen LogP contribution in [0.2, 0.25) is 0 Å². The zero-order valence-corrected chi connectivity index (χ0v) is 12.2. The van der Waals surface area contributed by atoms with Crippen molar-refractivity contribution in [1.29, 1.82) is 0 Å². The molecular weight excluding hydrogens is 278 g/mol. The van der Waals surface area contributed by atoms with Gasteiger partial charge in [0, 0.05) is 10.8 Å². The highest BCUT2D eigenvalue weighted by atomic mass is 32.2. The molecule has 1 nitrogen and oxygen atoms in total. The molecule has 0 amide bonds. The summed E-state index contributed by atoms with van der Waals surface area (Å²) in [5.41, 5.74) is 1.66. The van der Waals surface area contributed by atoms with Crippen molar-refractivity contribution in [2.24, 2.45) is 0 Å². The topological polar surface area (TPSA) is 17.1 Å². The van der Waals surface area contributed by atoms with Crippen LogP contribution in [0.1, 0.15) is 35.5 Å². The lowest BCUT2D eigenvalue weighted by Gasteiger charge is -2.18. The van der Waals surface area contributed by atoms with Gasteiger partial charge in [-0.05, 0) is 49.2 Å². The van der Waals surface area contributed by atoms with E-state index in [0.717, 1.165) is 11.1 Å². The summed E-state index contributed by atoms with van der Waals surface area (Å²) in [6.07, 6.45) is 0. The minimum Gasteiger partial charge on any atom is -0.258 e. The van der Waals surface area contributed by atoms with Crippen molar-refractivity contribution >= 4 is 10.8 Å². The Morgan fingerprint density at radius 1 is 0.750 bits per heavy atom. The second kappa shape index (κ2) is 6.27. The lowest BCUT2D eigenvalue weighted by atomic mass is 10.1. The van der Waals surface area contributed by atoms with Gasteiger partial charge in [-0.3, -0.25) is 4.21 Å². The molecule has 0 saturated carbocycles. The van der Waals surface area contributed by atoms with Gasteiger partial charge in [0.2, 0.25) is 0 Å². The van der Waals surface area contributed by atoms with Crippen molar-refractivity contribution < 1.29 is 13.0 Å². The SMILES string of the molecule is CC(c1ccc(F)cc1)S(=O)C(C)c1ccc(F)cc1. The molecule has 2 aromatic carbocycles. The summed E-state index contributed by atoms with van der Waals surface area (Å²) in [6, 6.07) is 12.1. The number of hydrogen-bond acceptors (Lipinski definition) is 1. The third-order valence-electron chi connectivity index (χ3n) is 3.38. The van der Waals surface area contributed by atoms with Crippen molar-refractivity contribution in [2.45, 2.75) is 24.3 Å². The van der Waals surface area contributed by atoms with Gasteiger partial charge in [0.15, 0.2) is 0 Å². The van der Waals surface area contributed by atoms with E-state index in [1.54, 1.807) is 24.3 Å². The first-order chi connectivity index (χ1) is 9.49. The molecule has 2 aromatic rings. The van der Waals surface area contributed by atoms with Crippen molar-refractivity contribution in [3.63, 3.8) is 0 Å². The van der Waals surface area contributed by atoms with Crippen LogP contribution in [0.4, 0.5) is 8.78 Å². The Labute approximate surface area is 120 Å². The Balaban J connectivity index is 2.17. The molecule has 0 bridgehead atoms. The molecule has 20 heavy (non-hydrogen) atoms. The molecule has 2 rings (SSSR count). The Hall–Kier alpha value is -1.55. The Bertz CT molecular complexity index is 539. The Morgan fingerprint density at radius 2 is 1.05 bits per heavy atom. The van der Waals surface area contributed by atoms with Crippen LogP contribution in [-0.2, 0) is 10.8 Å². The quantitative estimate of drug-likeness (QED) is 0.809. The first-order valence-electron chi connectivity index (χ1n) is 6.39. The van der Waals surface area contributed by atoms with Crippen LogP contribution in [0.3, 0.4) is 0 Å². The summed E-state index contributed by atoms with van der Waals surface area (Å²) in [5.74, 6) is -0.614. The molecule has 0 N–H and O–H groups in total. The van der Waals surface area contributed by atoms with Crippen LogP contribution in [0.15, 0.2) is 48.5 Å². The first-order valence-corrected chi connectivity index (χ1v) is 7.67. The molecule has 0 aromatic heterocycles. The zero-order chi connectivity index (χ0) is 14.7. The molecule has 2 atom stereocenters. The molecule has 0 radical (unpaired) electrons. The second-order valence-electron chi connectivity index (χ2n) is 4.72. The number of benzene rings is 2. The van der Waals surface area contributed by atoms with E-state index in [-0.39, 0.29) is 22.1 Å². The number of rotatable bonds is 4. The molecule has 106 valence electrons. The van der Waals surface area contributed by atoms with Gasteiger partial charge in [0.1, 0.15) is 11.6 Å². The molecule has 0 heterocycles. The van der Waals surface area contributed by atoms with Gasteiger partial charge in [-0.2, -0.15) is 0 Å². The summed E-state index contributed by atoms with van der Waals surface area (Å²) in [6.45, 7) is 3.70. The molecule has 0 saturated heterocycles. The maximum atomic E-state index is 12.9. The summed E-state index contributed by atoms with van der Waals surface area (Å²) < 4.78 is 38.3. The highest BCUT2D eigenvalue weighted by Gasteiger charge is 2.21. The molecule has 4 heteroatoms. The van der Waals surface area contributed by atoms with Crippen LogP contribution in [0, 0.1) is 11.6 Å². The van der Waals surface area contributed by atoms with Gasteiger partial charge in [-0.1, -0.05) is 24.3 Å².